The molecule has 1 aromatic heterocycles. The van der Waals surface area contributed by atoms with Crippen LogP contribution in [-0.4, -0.2) is 69.1 Å². The van der Waals surface area contributed by atoms with Crippen molar-refractivity contribution < 1.29 is 0 Å². The molecule has 0 spiro atoms. The Kier molecular flexibility index (Phi) is 10.6. The van der Waals surface area contributed by atoms with Crippen LogP contribution in [0, 0.1) is 0 Å². The summed E-state index contributed by atoms with van der Waals surface area (Å²) in [4.78, 5) is 7.54. The van der Waals surface area contributed by atoms with E-state index in [0.29, 0.717) is 10.2 Å². The van der Waals surface area contributed by atoms with Crippen molar-refractivity contribution in [2.45, 2.75) is 10.2 Å². The molecule has 0 aliphatic heterocycles. The van der Waals surface area contributed by atoms with E-state index in [1.165, 1.54) is 0 Å². The summed E-state index contributed by atoms with van der Waals surface area (Å²) in [5.74, 6) is 0. The summed E-state index contributed by atoms with van der Waals surface area (Å²) < 4.78 is 0. The van der Waals surface area contributed by atoms with Gasteiger partial charge in [-0.05, 0) is 6.07 Å². The molecule has 1 rings (SSSR count). The summed E-state index contributed by atoms with van der Waals surface area (Å²) in [5.41, 5.74) is 0. The first-order valence-corrected chi connectivity index (χ1v) is 2.89. The number of hydrogen-bond acceptors (Lipinski definition) is 4. The molecule has 1 heterocycles. The molecule has 0 bridgehead atoms. The SMILES string of the molecule is Sc1ccnc(S)n1.[NaH].[NaH]. The van der Waals surface area contributed by atoms with Gasteiger partial charge < -0.3 is 0 Å². The minimum atomic E-state index is 0. The van der Waals surface area contributed by atoms with Crippen molar-refractivity contribution >= 4 is 84.4 Å². The van der Waals surface area contributed by atoms with Gasteiger partial charge in [-0.3, -0.25) is 0 Å². The summed E-state index contributed by atoms with van der Waals surface area (Å²) in [7, 11) is 0. The van der Waals surface area contributed by atoms with Gasteiger partial charge in [-0.1, -0.05) is 0 Å². The van der Waals surface area contributed by atoms with Crippen molar-refractivity contribution in [2.24, 2.45) is 0 Å². The Morgan fingerprint density at radius 3 is 2.10 bits per heavy atom. The Morgan fingerprint density at radius 1 is 1.20 bits per heavy atom. The van der Waals surface area contributed by atoms with Crippen LogP contribution in [0.3, 0.4) is 0 Å². The van der Waals surface area contributed by atoms with Crippen LogP contribution >= 0.6 is 25.3 Å². The number of hydrogen-bond donors (Lipinski definition) is 2. The molecule has 0 aromatic carbocycles. The second-order valence-electron chi connectivity index (χ2n) is 1.21. The molecule has 46 valence electrons. The molecular formula is C4H6N2Na2S2. The van der Waals surface area contributed by atoms with E-state index in [4.69, 9.17) is 0 Å². The minimum absolute atomic E-state index is 0. The fraction of sp³-hybridized carbons (Fsp3) is 0. The van der Waals surface area contributed by atoms with Gasteiger partial charge in [0.25, 0.3) is 0 Å². The van der Waals surface area contributed by atoms with Crippen molar-refractivity contribution in [3.8, 4) is 0 Å². The summed E-state index contributed by atoms with van der Waals surface area (Å²) in [6.07, 6.45) is 1.61. The zero-order valence-corrected chi connectivity index (χ0v) is 5.73. The second kappa shape index (κ2) is 7.43. The standard InChI is InChI=1S/C4H4N2S2.2Na.2H/c7-3-1-2-5-4(8)6-3;;;;/h1-2H,(H2,5,6,7,8);;;;. The molecule has 0 atom stereocenters. The summed E-state index contributed by atoms with van der Waals surface area (Å²) in [6.45, 7) is 0. The van der Waals surface area contributed by atoms with Gasteiger partial charge in [-0.2, -0.15) is 0 Å². The maximum absolute atomic E-state index is 3.95. The van der Waals surface area contributed by atoms with Crippen molar-refractivity contribution in [1.82, 2.24) is 9.97 Å². The molecule has 6 heteroatoms. The summed E-state index contributed by atoms with van der Waals surface area (Å²) in [5, 5.41) is 1.10. The van der Waals surface area contributed by atoms with Gasteiger partial charge >= 0.3 is 59.1 Å². The third kappa shape index (κ3) is 5.43. The van der Waals surface area contributed by atoms with Crippen molar-refractivity contribution in [1.29, 1.82) is 0 Å². The zero-order valence-electron chi connectivity index (χ0n) is 3.94. The number of rotatable bonds is 0. The van der Waals surface area contributed by atoms with Gasteiger partial charge in [0.15, 0.2) is 5.16 Å². The van der Waals surface area contributed by atoms with Crippen LogP contribution in [0.5, 0.6) is 0 Å². The predicted octanol–water partition coefficient (Wildman–Crippen LogP) is -0.243. The molecule has 0 aliphatic carbocycles. The molecule has 0 fully saturated rings. The molecule has 0 saturated heterocycles. The average molecular weight is 192 g/mol. The van der Waals surface area contributed by atoms with E-state index < -0.39 is 0 Å². The Hall–Kier alpha value is 1.78. The van der Waals surface area contributed by atoms with E-state index >= 15 is 0 Å². The number of aromatic nitrogens is 2. The zero-order chi connectivity index (χ0) is 5.98. The van der Waals surface area contributed by atoms with Crippen molar-refractivity contribution in [2.75, 3.05) is 0 Å². The average Bonchev–Trinajstić information content (AvgIpc) is 1.64. The van der Waals surface area contributed by atoms with E-state index in [1.807, 2.05) is 0 Å². The second-order valence-corrected chi connectivity index (χ2v) is 2.07. The van der Waals surface area contributed by atoms with Crippen LogP contribution in [0.25, 0.3) is 0 Å². The van der Waals surface area contributed by atoms with Crippen LogP contribution < -0.4 is 0 Å². The van der Waals surface area contributed by atoms with Crippen LogP contribution in [-0.2, 0) is 0 Å². The van der Waals surface area contributed by atoms with Crippen molar-refractivity contribution in [3.63, 3.8) is 0 Å². The summed E-state index contributed by atoms with van der Waals surface area (Å²) in [6, 6.07) is 1.70. The monoisotopic (exact) mass is 192 g/mol. The molecule has 1 aromatic rings. The molecule has 10 heavy (non-hydrogen) atoms. The Morgan fingerprint density at radius 2 is 1.80 bits per heavy atom. The van der Waals surface area contributed by atoms with Crippen LogP contribution in [0.15, 0.2) is 22.4 Å². The van der Waals surface area contributed by atoms with Gasteiger partial charge in [-0.15, -0.1) is 25.3 Å². The first kappa shape index (κ1) is 14.3. The van der Waals surface area contributed by atoms with E-state index in [2.05, 4.69) is 35.2 Å². The van der Waals surface area contributed by atoms with E-state index in [0.717, 1.165) is 0 Å². The first-order valence-electron chi connectivity index (χ1n) is 2.00. The van der Waals surface area contributed by atoms with Gasteiger partial charge in [-0.25, -0.2) is 9.97 Å². The third-order valence-electron chi connectivity index (χ3n) is 0.628. The fourth-order valence-electron chi connectivity index (χ4n) is 0.339. The Balaban J connectivity index is 0. The van der Waals surface area contributed by atoms with Crippen LogP contribution in [0.2, 0.25) is 0 Å². The Bertz CT molecular complexity index is 179. The van der Waals surface area contributed by atoms with Crippen LogP contribution in [0.4, 0.5) is 0 Å². The fourth-order valence-corrected chi connectivity index (χ4v) is 0.754. The van der Waals surface area contributed by atoms with E-state index in [9.17, 15) is 0 Å². The summed E-state index contributed by atoms with van der Waals surface area (Å²) >= 11 is 7.84. The molecule has 0 aliphatic rings. The number of nitrogens with zero attached hydrogens (tertiary/aromatic N) is 2. The third-order valence-corrected chi connectivity index (χ3v) is 1.09. The van der Waals surface area contributed by atoms with E-state index in [-0.39, 0.29) is 59.1 Å². The molecule has 0 amide bonds. The van der Waals surface area contributed by atoms with Gasteiger partial charge in [0.05, 0.1) is 5.03 Å². The molecule has 0 unspecified atom stereocenters. The first-order chi connectivity index (χ1) is 3.79. The van der Waals surface area contributed by atoms with Gasteiger partial charge in [0, 0.05) is 6.20 Å². The number of thiol groups is 2. The molecular weight excluding hydrogens is 186 g/mol. The van der Waals surface area contributed by atoms with Crippen molar-refractivity contribution in [3.05, 3.63) is 12.3 Å². The van der Waals surface area contributed by atoms with E-state index in [1.54, 1.807) is 12.3 Å². The molecule has 0 saturated carbocycles. The normalized spacial score (nSPS) is 7.40. The van der Waals surface area contributed by atoms with Gasteiger partial charge in [0.2, 0.25) is 0 Å². The predicted molar refractivity (Wildman–Crippen MR) is 50.8 cm³/mol. The molecule has 0 radical (unpaired) electrons. The quantitative estimate of drug-likeness (QED) is 0.257. The van der Waals surface area contributed by atoms with Gasteiger partial charge in [0.1, 0.15) is 0 Å². The topological polar surface area (TPSA) is 25.8 Å². The molecule has 0 N–H and O–H groups in total. The maximum atomic E-state index is 3.95. The van der Waals surface area contributed by atoms with Crippen LogP contribution in [0.1, 0.15) is 0 Å². The Labute approximate surface area is 115 Å². The molecule has 2 nitrogen and oxygen atoms in total.